The van der Waals surface area contributed by atoms with Gasteiger partial charge in [0, 0.05) is 25.7 Å². The van der Waals surface area contributed by atoms with Crippen molar-refractivity contribution in [3.8, 4) is 11.4 Å². The lowest BCUT2D eigenvalue weighted by Gasteiger charge is -2.33. The fraction of sp³-hybridized carbons (Fsp3) is 0.375. The van der Waals surface area contributed by atoms with Crippen LogP contribution in [0.15, 0.2) is 65.8 Å². The second-order valence-corrected chi connectivity index (χ2v) is 9.26. The Bertz CT molecular complexity index is 965. The van der Waals surface area contributed by atoms with Gasteiger partial charge < -0.3 is 9.47 Å². The molecule has 0 aliphatic carbocycles. The fourth-order valence-corrected chi connectivity index (χ4v) is 4.93. The molecule has 1 aliphatic rings. The Morgan fingerprint density at radius 2 is 1.67 bits per heavy atom. The first-order chi connectivity index (χ1) is 14.6. The zero-order chi connectivity index (χ0) is 20.9. The molecular weight excluding hydrogens is 392 g/mol. The molecule has 2 heterocycles. The van der Waals surface area contributed by atoms with E-state index < -0.39 is 0 Å². The molecule has 5 nitrogen and oxygen atoms in total. The maximum atomic E-state index is 13.0. The Hall–Kier alpha value is -2.60. The van der Waals surface area contributed by atoms with Crippen LogP contribution in [-0.4, -0.2) is 43.9 Å². The number of nitrogens with zero attached hydrogens (tertiary/aromatic N) is 4. The smallest absolute Gasteiger partial charge is 0.235 e. The van der Waals surface area contributed by atoms with Crippen LogP contribution in [0.3, 0.4) is 0 Å². The number of hydrogen-bond donors (Lipinski definition) is 0. The Morgan fingerprint density at radius 1 is 1.03 bits per heavy atom. The summed E-state index contributed by atoms with van der Waals surface area (Å²) in [5.41, 5.74) is 2.42. The average molecular weight is 421 g/mol. The number of carbonyl (C=O) groups is 1. The zero-order valence-electron chi connectivity index (χ0n) is 17.6. The van der Waals surface area contributed by atoms with E-state index in [4.69, 9.17) is 0 Å². The van der Waals surface area contributed by atoms with E-state index in [2.05, 4.69) is 40.5 Å². The second-order valence-electron chi connectivity index (χ2n) is 7.95. The lowest BCUT2D eigenvalue weighted by molar-refractivity contribution is -0.131. The van der Waals surface area contributed by atoms with Crippen molar-refractivity contribution in [2.24, 2.45) is 13.0 Å². The molecule has 1 amide bonds. The van der Waals surface area contributed by atoms with Crippen LogP contribution in [-0.2, 0) is 18.3 Å². The SMILES string of the molecule is C[C@H](Sc1nnc(-c2ccccc2)n1C)C(=O)N1CCC(Cc2ccccc2)CC1. The van der Waals surface area contributed by atoms with Crippen LogP contribution in [0.25, 0.3) is 11.4 Å². The van der Waals surface area contributed by atoms with Gasteiger partial charge in [0.1, 0.15) is 0 Å². The topological polar surface area (TPSA) is 51.0 Å². The van der Waals surface area contributed by atoms with Crippen LogP contribution in [0, 0.1) is 5.92 Å². The van der Waals surface area contributed by atoms with Gasteiger partial charge in [0.25, 0.3) is 0 Å². The minimum Gasteiger partial charge on any atom is -0.342 e. The van der Waals surface area contributed by atoms with Crippen molar-refractivity contribution in [3.63, 3.8) is 0 Å². The van der Waals surface area contributed by atoms with Crippen molar-refractivity contribution in [1.82, 2.24) is 19.7 Å². The van der Waals surface area contributed by atoms with Crippen molar-refractivity contribution in [2.45, 2.75) is 36.6 Å². The first kappa shape index (κ1) is 20.7. The van der Waals surface area contributed by atoms with Gasteiger partial charge in [-0.3, -0.25) is 4.79 Å². The molecule has 0 bridgehead atoms. The maximum absolute atomic E-state index is 13.0. The highest BCUT2D eigenvalue weighted by atomic mass is 32.2. The van der Waals surface area contributed by atoms with Crippen LogP contribution in [0.4, 0.5) is 0 Å². The lowest BCUT2D eigenvalue weighted by atomic mass is 9.90. The van der Waals surface area contributed by atoms with E-state index in [0.717, 1.165) is 48.9 Å². The van der Waals surface area contributed by atoms with Gasteiger partial charge in [0.15, 0.2) is 11.0 Å². The number of likely N-dealkylation sites (tertiary alicyclic amines) is 1. The van der Waals surface area contributed by atoms with E-state index >= 15 is 0 Å². The second kappa shape index (κ2) is 9.47. The normalized spacial score (nSPS) is 15.9. The monoisotopic (exact) mass is 420 g/mol. The maximum Gasteiger partial charge on any atom is 0.235 e. The summed E-state index contributed by atoms with van der Waals surface area (Å²) in [6.07, 6.45) is 3.24. The third-order valence-electron chi connectivity index (χ3n) is 5.79. The number of thioether (sulfide) groups is 1. The number of rotatable bonds is 6. The molecule has 0 spiro atoms. The van der Waals surface area contributed by atoms with Crippen molar-refractivity contribution in [3.05, 3.63) is 66.2 Å². The fourth-order valence-electron chi connectivity index (χ4n) is 4.03. The van der Waals surface area contributed by atoms with Crippen molar-refractivity contribution < 1.29 is 4.79 Å². The molecule has 0 saturated carbocycles. The van der Waals surface area contributed by atoms with Crippen LogP contribution >= 0.6 is 11.8 Å². The molecule has 6 heteroatoms. The molecule has 2 aromatic carbocycles. The summed E-state index contributed by atoms with van der Waals surface area (Å²) in [6.45, 7) is 3.66. The quantitative estimate of drug-likeness (QED) is 0.553. The van der Waals surface area contributed by atoms with Gasteiger partial charge in [-0.05, 0) is 37.7 Å². The van der Waals surface area contributed by atoms with Gasteiger partial charge in [0.05, 0.1) is 5.25 Å². The van der Waals surface area contributed by atoms with E-state index in [9.17, 15) is 4.79 Å². The predicted molar refractivity (Wildman–Crippen MR) is 121 cm³/mol. The Kier molecular flexibility index (Phi) is 6.53. The van der Waals surface area contributed by atoms with Gasteiger partial charge in [-0.25, -0.2) is 0 Å². The predicted octanol–water partition coefficient (Wildman–Crippen LogP) is 4.44. The Labute approximate surface area is 182 Å². The Balaban J connectivity index is 1.32. The van der Waals surface area contributed by atoms with E-state index in [-0.39, 0.29) is 11.2 Å². The van der Waals surface area contributed by atoms with E-state index in [1.54, 1.807) is 0 Å². The molecule has 1 aliphatic heterocycles. The summed E-state index contributed by atoms with van der Waals surface area (Å²) in [6, 6.07) is 20.7. The highest BCUT2D eigenvalue weighted by molar-refractivity contribution is 8.00. The van der Waals surface area contributed by atoms with Gasteiger partial charge in [-0.1, -0.05) is 72.4 Å². The average Bonchev–Trinajstić information content (AvgIpc) is 3.15. The molecule has 1 saturated heterocycles. The molecule has 0 radical (unpaired) electrons. The number of hydrogen-bond acceptors (Lipinski definition) is 4. The lowest BCUT2D eigenvalue weighted by Crippen LogP contribution is -2.42. The summed E-state index contributed by atoms with van der Waals surface area (Å²) >= 11 is 1.49. The highest BCUT2D eigenvalue weighted by Gasteiger charge is 2.28. The third-order valence-corrected chi connectivity index (χ3v) is 6.91. The van der Waals surface area contributed by atoms with Gasteiger partial charge in [-0.2, -0.15) is 0 Å². The molecule has 1 atom stereocenters. The largest absolute Gasteiger partial charge is 0.342 e. The molecule has 0 N–H and O–H groups in total. The number of benzene rings is 2. The van der Waals surface area contributed by atoms with Crippen molar-refractivity contribution >= 4 is 17.7 Å². The highest BCUT2D eigenvalue weighted by Crippen LogP contribution is 2.28. The summed E-state index contributed by atoms with van der Waals surface area (Å²) in [7, 11) is 1.96. The van der Waals surface area contributed by atoms with E-state index in [1.807, 2.05) is 53.8 Å². The van der Waals surface area contributed by atoms with E-state index in [0.29, 0.717) is 5.92 Å². The van der Waals surface area contributed by atoms with E-state index in [1.165, 1.54) is 17.3 Å². The first-order valence-electron chi connectivity index (χ1n) is 10.6. The van der Waals surface area contributed by atoms with Gasteiger partial charge in [-0.15, -0.1) is 10.2 Å². The Morgan fingerprint density at radius 3 is 2.33 bits per heavy atom. The minimum absolute atomic E-state index is 0.179. The summed E-state index contributed by atoms with van der Waals surface area (Å²) < 4.78 is 1.97. The summed E-state index contributed by atoms with van der Waals surface area (Å²) in [5, 5.41) is 9.25. The molecule has 0 unspecified atom stereocenters. The van der Waals surface area contributed by atoms with Crippen LogP contribution in [0.2, 0.25) is 0 Å². The number of carbonyl (C=O) groups excluding carboxylic acids is 1. The van der Waals surface area contributed by atoms with Crippen molar-refractivity contribution in [2.75, 3.05) is 13.1 Å². The van der Waals surface area contributed by atoms with Crippen LogP contribution < -0.4 is 0 Å². The number of aromatic nitrogens is 3. The van der Waals surface area contributed by atoms with Crippen molar-refractivity contribution in [1.29, 1.82) is 0 Å². The van der Waals surface area contributed by atoms with Gasteiger partial charge in [0.2, 0.25) is 5.91 Å². The van der Waals surface area contributed by atoms with Crippen LogP contribution in [0.1, 0.15) is 25.3 Å². The standard InChI is InChI=1S/C24H28N4OS/c1-18(30-24-26-25-22(27(24)2)21-11-7-4-8-12-21)23(29)28-15-13-20(14-16-28)17-19-9-5-3-6-10-19/h3-12,18,20H,13-17H2,1-2H3/t18-/m0/s1. The van der Waals surface area contributed by atoms with Gasteiger partial charge >= 0.3 is 0 Å². The third kappa shape index (κ3) is 4.75. The molecular formula is C24H28N4OS. The zero-order valence-corrected chi connectivity index (χ0v) is 18.4. The molecule has 4 rings (SSSR count). The minimum atomic E-state index is -0.179. The molecule has 3 aromatic rings. The molecule has 1 aromatic heterocycles. The molecule has 156 valence electrons. The first-order valence-corrected chi connectivity index (χ1v) is 11.4. The summed E-state index contributed by atoms with van der Waals surface area (Å²) in [5.74, 6) is 1.67. The number of piperidine rings is 1. The molecule has 30 heavy (non-hydrogen) atoms. The molecule has 1 fully saturated rings. The number of amides is 1. The van der Waals surface area contributed by atoms with Crippen LogP contribution in [0.5, 0.6) is 0 Å². The summed E-state index contributed by atoms with van der Waals surface area (Å²) in [4.78, 5) is 15.0.